The SMILES string of the molecule is Cc1cccc(-c2nnc(SCC(=O)Nc3ccc([N+](=O)[O-])cc3Cl)o2)c1. The van der Waals surface area contributed by atoms with Gasteiger partial charge in [0.1, 0.15) is 0 Å². The minimum Gasteiger partial charge on any atom is -0.411 e. The number of carbonyl (C=O) groups is 1. The fourth-order valence-corrected chi connectivity index (χ4v) is 2.98. The summed E-state index contributed by atoms with van der Waals surface area (Å²) in [6.07, 6.45) is 0. The molecule has 2 aromatic carbocycles. The predicted octanol–water partition coefficient (Wildman–Crippen LogP) is 4.34. The van der Waals surface area contributed by atoms with Crippen molar-refractivity contribution in [3.8, 4) is 11.5 Å². The summed E-state index contributed by atoms with van der Waals surface area (Å²) in [7, 11) is 0. The van der Waals surface area contributed by atoms with Crippen molar-refractivity contribution in [1.82, 2.24) is 10.2 Å². The van der Waals surface area contributed by atoms with Crippen LogP contribution >= 0.6 is 23.4 Å². The van der Waals surface area contributed by atoms with Gasteiger partial charge in [-0.05, 0) is 25.1 Å². The fraction of sp³-hybridized carbons (Fsp3) is 0.118. The molecule has 0 unspecified atom stereocenters. The zero-order valence-electron chi connectivity index (χ0n) is 14.0. The van der Waals surface area contributed by atoms with Crippen molar-refractivity contribution in [1.29, 1.82) is 0 Å². The summed E-state index contributed by atoms with van der Waals surface area (Å²) in [6, 6.07) is 11.5. The molecule has 10 heteroatoms. The van der Waals surface area contributed by atoms with E-state index >= 15 is 0 Å². The lowest BCUT2D eigenvalue weighted by molar-refractivity contribution is -0.384. The topological polar surface area (TPSA) is 111 Å². The number of aromatic nitrogens is 2. The quantitative estimate of drug-likeness (QED) is 0.369. The number of benzene rings is 2. The Balaban J connectivity index is 1.59. The van der Waals surface area contributed by atoms with Crippen LogP contribution in [-0.4, -0.2) is 26.8 Å². The highest BCUT2D eigenvalue weighted by Crippen LogP contribution is 2.27. The lowest BCUT2D eigenvalue weighted by Gasteiger charge is -2.06. The largest absolute Gasteiger partial charge is 0.411 e. The predicted molar refractivity (Wildman–Crippen MR) is 102 cm³/mol. The second-order valence-corrected chi connectivity index (χ2v) is 6.83. The third-order valence-electron chi connectivity index (χ3n) is 3.44. The molecular weight excluding hydrogens is 392 g/mol. The molecule has 0 saturated carbocycles. The van der Waals surface area contributed by atoms with Gasteiger partial charge in [0.15, 0.2) is 0 Å². The minimum atomic E-state index is -0.561. The van der Waals surface area contributed by atoms with Crippen LogP contribution in [-0.2, 0) is 4.79 Å². The first-order valence-corrected chi connectivity index (χ1v) is 9.06. The van der Waals surface area contributed by atoms with Crippen LogP contribution < -0.4 is 5.32 Å². The van der Waals surface area contributed by atoms with Gasteiger partial charge in [-0.15, -0.1) is 10.2 Å². The summed E-state index contributed by atoms with van der Waals surface area (Å²) < 4.78 is 5.55. The third-order valence-corrected chi connectivity index (χ3v) is 4.57. The molecule has 3 rings (SSSR count). The Morgan fingerprint density at radius 3 is 2.81 bits per heavy atom. The average molecular weight is 405 g/mol. The van der Waals surface area contributed by atoms with Gasteiger partial charge in [-0.3, -0.25) is 14.9 Å². The molecule has 3 aromatic rings. The van der Waals surface area contributed by atoms with Crippen LogP contribution in [0.5, 0.6) is 0 Å². The van der Waals surface area contributed by atoms with Crippen LogP contribution in [0.25, 0.3) is 11.5 Å². The first-order valence-electron chi connectivity index (χ1n) is 7.69. The van der Waals surface area contributed by atoms with Gasteiger partial charge in [-0.1, -0.05) is 41.1 Å². The van der Waals surface area contributed by atoms with Crippen LogP contribution in [0.1, 0.15) is 5.56 Å². The van der Waals surface area contributed by atoms with Crippen molar-refractivity contribution in [2.75, 3.05) is 11.1 Å². The molecule has 0 aliphatic carbocycles. The lowest BCUT2D eigenvalue weighted by Crippen LogP contribution is -2.14. The molecule has 0 aliphatic heterocycles. The van der Waals surface area contributed by atoms with Gasteiger partial charge in [0, 0.05) is 17.7 Å². The number of halogens is 1. The number of nitrogens with zero attached hydrogens (tertiary/aromatic N) is 3. The molecule has 0 saturated heterocycles. The number of non-ortho nitro benzene ring substituents is 1. The molecule has 1 amide bonds. The zero-order chi connectivity index (χ0) is 19.4. The first kappa shape index (κ1) is 18.9. The van der Waals surface area contributed by atoms with Crippen molar-refractivity contribution in [2.45, 2.75) is 12.1 Å². The number of nitro groups is 1. The number of carbonyl (C=O) groups excluding carboxylic acids is 1. The Morgan fingerprint density at radius 2 is 2.11 bits per heavy atom. The van der Waals surface area contributed by atoms with Crippen LogP contribution in [0.3, 0.4) is 0 Å². The van der Waals surface area contributed by atoms with E-state index in [0.29, 0.717) is 11.6 Å². The van der Waals surface area contributed by atoms with Gasteiger partial charge in [-0.25, -0.2) is 0 Å². The number of hydrogen-bond donors (Lipinski definition) is 1. The van der Waals surface area contributed by atoms with E-state index in [-0.39, 0.29) is 27.6 Å². The fourth-order valence-electron chi connectivity index (χ4n) is 2.20. The molecule has 1 aromatic heterocycles. The molecule has 138 valence electrons. The number of anilines is 1. The number of thioether (sulfide) groups is 1. The van der Waals surface area contributed by atoms with Gasteiger partial charge in [0.25, 0.3) is 10.9 Å². The highest BCUT2D eigenvalue weighted by molar-refractivity contribution is 7.99. The molecule has 0 fully saturated rings. The van der Waals surface area contributed by atoms with E-state index in [0.717, 1.165) is 22.9 Å². The van der Waals surface area contributed by atoms with Crippen molar-refractivity contribution in [2.24, 2.45) is 0 Å². The van der Waals surface area contributed by atoms with E-state index in [4.69, 9.17) is 16.0 Å². The number of hydrogen-bond acceptors (Lipinski definition) is 7. The standard InChI is InChI=1S/C17H13ClN4O4S/c1-10-3-2-4-11(7-10)16-20-21-17(26-16)27-9-15(23)19-14-6-5-12(22(24)25)8-13(14)18/h2-8H,9H2,1H3,(H,19,23). The van der Waals surface area contributed by atoms with Crippen LogP contribution in [0, 0.1) is 17.0 Å². The highest BCUT2D eigenvalue weighted by Gasteiger charge is 2.14. The van der Waals surface area contributed by atoms with Crippen molar-refractivity contribution >= 4 is 40.6 Å². The van der Waals surface area contributed by atoms with Crippen molar-refractivity contribution < 1.29 is 14.1 Å². The molecule has 0 bridgehead atoms. The second-order valence-electron chi connectivity index (χ2n) is 5.50. The lowest BCUT2D eigenvalue weighted by atomic mass is 10.1. The normalized spacial score (nSPS) is 10.6. The van der Waals surface area contributed by atoms with E-state index < -0.39 is 4.92 Å². The van der Waals surface area contributed by atoms with Gasteiger partial charge in [-0.2, -0.15) is 0 Å². The molecule has 8 nitrogen and oxygen atoms in total. The Kier molecular flexibility index (Phi) is 5.72. The Labute approximate surface area is 163 Å². The third kappa shape index (κ3) is 4.83. The first-order chi connectivity index (χ1) is 12.9. The van der Waals surface area contributed by atoms with E-state index in [1.54, 1.807) is 0 Å². The summed E-state index contributed by atoms with van der Waals surface area (Å²) in [5, 5.41) is 21.5. The van der Waals surface area contributed by atoms with E-state index in [2.05, 4.69) is 15.5 Å². The summed E-state index contributed by atoms with van der Waals surface area (Å²) in [6.45, 7) is 1.96. The molecule has 1 heterocycles. The number of nitro benzene ring substituents is 1. The smallest absolute Gasteiger partial charge is 0.277 e. The summed E-state index contributed by atoms with van der Waals surface area (Å²) in [4.78, 5) is 22.2. The van der Waals surface area contributed by atoms with Crippen LogP contribution in [0.2, 0.25) is 5.02 Å². The molecular formula is C17H13ClN4O4S. The monoisotopic (exact) mass is 404 g/mol. The molecule has 0 spiro atoms. The maximum absolute atomic E-state index is 12.1. The van der Waals surface area contributed by atoms with Crippen LogP contribution in [0.4, 0.5) is 11.4 Å². The average Bonchev–Trinajstić information content (AvgIpc) is 3.10. The summed E-state index contributed by atoms with van der Waals surface area (Å²) in [5.41, 5.74) is 2.01. The zero-order valence-corrected chi connectivity index (χ0v) is 15.6. The van der Waals surface area contributed by atoms with Gasteiger partial charge in [0.05, 0.1) is 21.4 Å². The van der Waals surface area contributed by atoms with E-state index in [9.17, 15) is 14.9 Å². The Bertz CT molecular complexity index is 1010. The number of aryl methyl sites for hydroxylation is 1. The molecule has 1 N–H and O–H groups in total. The van der Waals surface area contributed by atoms with Gasteiger partial charge in [0.2, 0.25) is 11.8 Å². The Hall–Kier alpha value is -2.91. The maximum atomic E-state index is 12.1. The van der Waals surface area contributed by atoms with Crippen LogP contribution in [0.15, 0.2) is 52.1 Å². The minimum absolute atomic E-state index is 0.0166. The maximum Gasteiger partial charge on any atom is 0.277 e. The number of amides is 1. The second kappa shape index (κ2) is 8.19. The Morgan fingerprint density at radius 1 is 1.30 bits per heavy atom. The van der Waals surface area contributed by atoms with Crippen molar-refractivity contribution in [3.05, 3.63) is 63.2 Å². The molecule has 0 atom stereocenters. The number of nitrogens with one attached hydrogen (secondary N) is 1. The van der Waals surface area contributed by atoms with Gasteiger partial charge < -0.3 is 9.73 Å². The number of rotatable bonds is 6. The molecule has 27 heavy (non-hydrogen) atoms. The van der Waals surface area contributed by atoms with Crippen molar-refractivity contribution in [3.63, 3.8) is 0 Å². The summed E-state index contributed by atoms with van der Waals surface area (Å²) in [5.74, 6) is 0.0362. The van der Waals surface area contributed by atoms with Gasteiger partial charge >= 0.3 is 0 Å². The van der Waals surface area contributed by atoms with E-state index in [1.165, 1.54) is 18.2 Å². The summed E-state index contributed by atoms with van der Waals surface area (Å²) >= 11 is 7.03. The highest BCUT2D eigenvalue weighted by atomic mass is 35.5. The molecule has 0 radical (unpaired) electrons. The molecule has 0 aliphatic rings. The van der Waals surface area contributed by atoms with E-state index in [1.807, 2.05) is 31.2 Å².